The highest BCUT2D eigenvalue weighted by Gasteiger charge is 2.51. The Morgan fingerprint density at radius 3 is 1.41 bits per heavy atom. The summed E-state index contributed by atoms with van der Waals surface area (Å²) in [6.07, 6.45) is 11.7. The molecule has 2 amide bonds. The molecule has 0 unspecified atom stereocenters. The van der Waals surface area contributed by atoms with Gasteiger partial charge in [-0.25, -0.2) is 9.97 Å². The van der Waals surface area contributed by atoms with Gasteiger partial charge in [-0.1, -0.05) is 36.4 Å². The number of amides is 2. The summed E-state index contributed by atoms with van der Waals surface area (Å²) < 4.78 is 0. The van der Waals surface area contributed by atoms with Crippen molar-refractivity contribution in [1.82, 2.24) is 39.4 Å². The monoisotopic (exact) mass is 1070 g/mol. The molecule has 2 aromatic carbocycles. The van der Waals surface area contributed by atoms with Crippen LogP contribution in [0.2, 0.25) is 10.0 Å². The molecule has 10 heterocycles. The van der Waals surface area contributed by atoms with Gasteiger partial charge in [0.05, 0.1) is 11.4 Å². The van der Waals surface area contributed by atoms with Gasteiger partial charge in [-0.05, 0) is 174 Å². The molecule has 0 bridgehead atoms. The van der Waals surface area contributed by atoms with Gasteiger partial charge in [-0.15, -0.1) is 0 Å². The topological polar surface area (TPSA) is 126 Å². The number of rotatable bonds is 8. The molecule has 16 heteroatoms. The normalized spacial score (nSPS) is 23.4. The number of nitrogens with zero attached hydrogens (tertiary/aromatic N) is 10. The van der Waals surface area contributed by atoms with E-state index < -0.39 is 0 Å². The lowest BCUT2D eigenvalue weighted by atomic mass is 9.79. The molecule has 2 atom stereocenters. The summed E-state index contributed by atoms with van der Waals surface area (Å²) in [4.78, 5) is 53.6. The molecule has 2 aromatic heterocycles. The molecule has 0 radical (unpaired) electrons. The first-order chi connectivity index (χ1) is 36.5. The molecule has 404 valence electrons. The molecule has 8 aliphatic rings. The largest absolute Gasteiger partial charge is 0.508 e. The maximum atomic E-state index is 12.1. The highest BCUT2D eigenvalue weighted by molar-refractivity contribution is 6.34. The van der Waals surface area contributed by atoms with Crippen LogP contribution in [0.5, 0.6) is 11.5 Å². The molecule has 2 spiro atoms. The minimum Gasteiger partial charge on any atom is -0.508 e. The fourth-order valence-corrected chi connectivity index (χ4v) is 14.9. The lowest BCUT2D eigenvalue weighted by molar-refractivity contribution is -0.137. The molecular weight excluding hydrogens is 996 g/mol. The van der Waals surface area contributed by atoms with Crippen LogP contribution in [0, 0.1) is 24.7 Å². The minimum atomic E-state index is 0.0198. The van der Waals surface area contributed by atoms with Crippen molar-refractivity contribution < 1.29 is 19.8 Å². The lowest BCUT2D eigenvalue weighted by Gasteiger charge is -2.47. The van der Waals surface area contributed by atoms with Crippen LogP contribution in [-0.4, -0.2) is 179 Å². The van der Waals surface area contributed by atoms with E-state index >= 15 is 0 Å². The van der Waals surface area contributed by atoms with Crippen LogP contribution >= 0.6 is 23.2 Å². The van der Waals surface area contributed by atoms with Crippen LogP contribution in [-0.2, 0) is 35.5 Å². The quantitative estimate of drug-likeness (QED) is 0.165. The number of aromatic nitrogens is 2. The van der Waals surface area contributed by atoms with Gasteiger partial charge >= 0.3 is 0 Å². The van der Waals surface area contributed by atoms with Gasteiger partial charge in [0.15, 0.2) is 0 Å². The number of phenolic OH excluding ortho intramolecular Hbond substituents is 2. The average Bonchev–Trinajstić information content (AvgIpc) is 4.07. The van der Waals surface area contributed by atoms with E-state index in [4.69, 9.17) is 33.2 Å². The number of carbonyl (C=O) groups is 2. The molecule has 8 aliphatic heterocycles. The van der Waals surface area contributed by atoms with Crippen molar-refractivity contribution in [2.24, 2.45) is 10.8 Å². The number of fused-ring (bicyclic) bond motifs is 2. The molecule has 76 heavy (non-hydrogen) atoms. The van der Waals surface area contributed by atoms with Gasteiger partial charge in [-0.3, -0.25) is 19.4 Å². The average molecular weight is 1070 g/mol. The van der Waals surface area contributed by atoms with Crippen LogP contribution in [0.25, 0.3) is 22.3 Å². The number of halogens is 2. The zero-order valence-electron chi connectivity index (χ0n) is 45.1. The molecule has 2 N–H and O–H groups in total. The number of phenols is 2. The van der Waals surface area contributed by atoms with Gasteiger partial charge in [0, 0.05) is 136 Å². The summed E-state index contributed by atoms with van der Waals surface area (Å²) in [6, 6.07) is 11.6. The second-order valence-corrected chi connectivity index (χ2v) is 24.6. The Labute approximate surface area is 459 Å². The fourth-order valence-electron chi connectivity index (χ4n) is 14.5. The zero-order valence-corrected chi connectivity index (χ0v) is 46.6. The van der Waals surface area contributed by atoms with E-state index in [-0.39, 0.29) is 34.1 Å². The Morgan fingerprint density at radius 2 is 1.03 bits per heavy atom. The SMILES string of the molecule is C=CC(=O)N1CC2(CCN(c3nc4c(c(-c5cc(O)ccc5Cl)c3C)CCN([C@@H]3CCCN(C)C3)C4)C2)C1.C=CC(=O)N1CC2(CCN(c3nc4c(c(-c5cc(O)ccc5Cl)c3C)CCN([C@H]3CCCN(C)C3)C4)C2)C1. The number of pyridine rings is 2. The van der Waals surface area contributed by atoms with E-state index in [1.165, 1.54) is 62.1 Å². The van der Waals surface area contributed by atoms with E-state index in [1.54, 1.807) is 36.4 Å². The maximum Gasteiger partial charge on any atom is 0.245 e. The van der Waals surface area contributed by atoms with Crippen LogP contribution in [0.3, 0.4) is 0 Å². The van der Waals surface area contributed by atoms with E-state index in [0.29, 0.717) is 22.1 Å². The summed E-state index contributed by atoms with van der Waals surface area (Å²) in [6.45, 7) is 26.6. The van der Waals surface area contributed by atoms with E-state index in [1.807, 2.05) is 9.80 Å². The van der Waals surface area contributed by atoms with Crippen molar-refractivity contribution in [3.63, 3.8) is 0 Å². The number of benzene rings is 2. The van der Waals surface area contributed by atoms with Gasteiger partial charge in [0.2, 0.25) is 11.8 Å². The van der Waals surface area contributed by atoms with Crippen LogP contribution in [0.4, 0.5) is 11.6 Å². The van der Waals surface area contributed by atoms with Crippen molar-refractivity contribution in [1.29, 1.82) is 0 Å². The minimum absolute atomic E-state index is 0.0198. The van der Waals surface area contributed by atoms with Crippen molar-refractivity contribution in [2.75, 3.05) is 116 Å². The Hall–Kier alpha value is -5.22. The molecule has 4 aromatic rings. The predicted octanol–water partition coefficient (Wildman–Crippen LogP) is 8.19. The van der Waals surface area contributed by atoms with E-state index in [2.05, 4.69) is 70.5 Å². The molecule has 14 nitrogen and oxygen atoms in total. The summed E-state index contributed by atoms with van der Waals surface area (Å²) in [5, 5.41) is 22.0. The summed E-state index contributed by atoms with van der Waals surface area (Å²) in [5.74, 6) is 2.52. The van der Waals surface area contributed by atoms with Crippen molar-refractivity contribution >= 4 is 46.7 Å². The van der Waals surface area contributed by atoms with E-state index in [0.717, 1.165) is 174 Å². The van der Waals surface area contributed by atoms with Crippen LogP contribution < -0.4 is 9.80 Å². The molecular formula is C60H76Cl2N10O4. The Bertz CT molecular complexity index is 2740. The first-order valence-electron chi connectivity index (χ1n) is 27.7. The Kier molecular flexibility index (Phi) is 14.7. The molecule has 12 rings (SSSR count). The third-order valence-electron chi connectivity index (χ3n) is 18.4. The first-order valence-corrected chi connectivity index (χ1v) is 28.5. The molecule has 0 aliphatic carbocycles. The highest BCUT2D eigenvalue weighted by atomic mass is 35.5. The maximum absolute atomic E-state index is 12.1. The van der Waals surface area contributed by atoms with Gasteiger partial charge < -0.3 is 39.6 Å². The highest BCUT2D eigenvalue weighted by Crippen LogP contribution is 2.48. The number of anilines is 2. The predicted molar refractivity (Wildman–Crippen MR) is 304 cm³/mol. The van der Waals surface area contributed by atoms with Crippen molar-refractivity contribution in [2.45, 2.75) is 90.4 Å². The zero-order chi connectivity index (χ0) is 53.2. The number of aromatic hydroxyl groups is 2. The summed E-state index contributed by atoms with van der Waals surface area (Å²) in [7, 11) is 4.44. The standard InChI is InChI=1S/2C30H38ClN5O2/c2*1-4-27(38)36-18-30(19-36)10-13-35(17-30)29-20(2)28(24-14-22(37)7-8-25(24)31)23-9-12-34(16-26(23)32-29)21-6-5-11-33(3)15-21/h2*4,7-8,14,21,37H,1,5-6,9-13,15-19H2,2-3H3/t2*21-/m10/s1. The summed E-state index contributed by atoms with van der Waals surface area (Å²) >= 11 is 13.5. The van der Waals surface area contributed by atoms with Gasteiger partial charge in [-0.2, -0.15) is 0 Å². The number of hydrogen-bond donors (Lipinski definition) is 2. The van der Waals surface area contributed by atoms with Gasteiger partial charge in [0.25, 0.3) is 0 Å². The lowest BCUT2D eigenvalue weighted by Crippen LogP contribution is -2.59. The van der Waals surface area contributed by atoms with Crippen molar-refractivity contribution in [3.8, 4) is 33.8 Å². The number of piperidine rings is 2. The number of likely N-dealkylation sites (N-methyl/N-ethyl adjacent to an activating group) is 2. The third kappa shape index (κ3) is 10.1. The first kappa shape index (κ1) is 52.8. The van der Waals surface area contributed by atoms with Crippen LogP contribution in [0.15, 0.2) is 61.7 Å². The van der Waals surface area contributed by atoms with E-state index in [9.17, 15) is 19.8 Å². The molecule has 6 fully saturated rings. The smallest absolute Gasteiger partial charge is 0.245 e. The number of hydrogen-bond acceptors (Lipinski definition) is 12. The van der Waals surface area contributed by atoms with Gasteiger partial charge in [0.1, 0.15) is 23.1 Å². The Morgan fingerprint density at radius 1 is 0.618 bits per heavy atom. The Balaban J connectivity index is 0.000000162. The molecule has 0 saturated carbocycles. The summed E-state index contributed by atoms with van der Waals surface area (Å²) in [5.41, 5.74) is 11.3. The van der Waals surface area contributed by atoms with Crippen LogP contribution in [0.1, 0.15) is 72.2 Å². The second kappa shape index (κ2) is 21.2. The molecule has 6 saturated heterocycles. The third-order valence-corrected chi connectivity index (χ3v) is 19.1. The number of likely N-dealkylation sites (tertiary alicyclic amines) is 4. The second-order valence-electron chi connectivity index (χ2n) is 23.7. The fraction of sp³-hybridized carbons (Fsp3) is 0.533. The number of carbonyl (C=O) groups excluding carboxylic acids is 2. The van der Waals surface area contributed by atoms with Crippen molar-refractivity contribution in [3.05, 3.63) is 105 Å².